The summed E-state index contributed by atoms with van der Waals surface area (Å²) in [6.45, 7) is 0. The summed E-state index contributed by atoms with van der Waals surface area (Å²) < 4.78 is 0. The summed E-state index contributed by atoms with van der Waals surface area (Å²) in [6.07, 6.45) is 2.20. The molecule has 1 aliphatic rings. The minimum absolute atomic E-state index is 0.478. The second kappa shape index (κ2) is 10.6. The zero-order valence-electron chi connectivity index (χ0n) is 22.5. The lowest BCUT2D eigenvalue weighted by Gasteiger charge is -2.26. The zero-order chi connectivity index (χ0) is 27.6. The fourth-order valence-corrected chi connectivity index (χ4v) is 5.76. The highest BCUT2D eigenvalue weighted by atomic mass is 14.9. The Morgan fingerprint density at radius 2 is 1.12 bits per heavy atom. The highest BCUT2D eigenvalue weighted by Crippen LogP contribution is 2.38. The first-order valence-corrected chi connectivity index (χ1v) is 13.9. The Bertz CT molecular complexity index is 1960. The molecule has 0 aliphatic carbocycles. The van der Waals surface area contributed by atoms with Gasteiger partial charge in [-0.1, -0.05) is 152 Å². The van der Waals surface area contributed by atoms with Crippen molar-refractivity contribution < 1.29 is 0 Å². The van der Waals surface area contributed by atoms with Crippen molar-refractivity contribution in [3.8, 4) is 11.1 Å². The van der Waals surface area contributed by atoms with Crippen molar-refractivity contribution in [3.05, 3.63) is 179 Å². The molecule has 0 atom stereocenters. The van der Waals surface area contributed by atoms with Crippen LogP contribution in [-0.2, 0) is 0 Å². The van der Waals surface area contributed by atoms with Crippen molar-refractivity contribution in [2.45, 2.75) is 0 Å². The number of fused-ring (bicyclic) bond motifs is 2. The Morgan fingerprint density at radius 1 is 0.512 bits per heavy atom. The molecule has 0 unspecified atom stereocenters. The van der Waals surface area contributed by atoms with Gasteiger partial charge < -0.3 is 5.32 Å². The predicted octanol–water partition coefficient (Wildman–Crippen LogP) is 9.54. The normalized spacial score (nSPS) is 13.6. The summed E-state index contributed by atoms with van der Waals surface area (Å²) in [6, 6.07) is 52.3. The van der Waals surface area contributed by atoms with Crippen molar-refractivity contribution in [2.75, 3.05) is 0 Å². The van der Waals surface area contributed by atoms with Crippen molar-refractivity contribution in [2.24, 2.45) is 0 Å². The summed E-state index contributed by atoms with van der Waals surface area (Å²) in [5.41, 5.74) is 10.7. The first kappa shape index (κ1) is 24.6. The van der Waals surface area contributed by atoms with Gasteiger partial charge in [0.2, 0.25) is 0 Å². The van der Waals surface area contributed by atoms with Gasteiger partial charge in [-0.3, -0.25) is 5.41 Å². The molecule has 194 valence electrons. The maximum absolute atomic E-state index is 9.85. The van der Waals surface area contributed by atoms with Crippen LogP contribution in [0.15, 0.2) is 152 Å². The van der Waals surface area contributed by atoms with Crippen LogP contribution < -0.4 is 5.32 Å². The molecule has 0 spiro atoms. The van der Waals surface area contributed by atoms with E-state index in [1.54, 1.807) is 0 Å². The summed E-state index contributed by atoms with van der Waals surface area (Å²) in [5.74, 6) is 0. The van der Waals surface area contributed by atoms with Crippen LogP contribution in [0.2, 0.25) is 0 Å². The molecule has 0 radical (unpaired) electrons. The monoisotopic (exact) mass is 524 g/mol. The van der Waals surface area contributed by atoms with Crippen LogP contribution in [0.1, 0.15) is 27.8 Å². The number of hydrogen-bond donors (Lipinski definition) is 2. The van der Waals surface area contributed by atoms with Gasteiger partial charge in [-0.25, -0.2) is 0 Å². The summed E-state index contributed by atoms with van der Waals surface area (Å²) in [7, 11) is 0. The predicted molar refractivity (Wildman–Crippen MR) is 173 cm³/mol. The summed E-state index contributed by atoms with van der Waals surface area (Å²) >= 11 is 0. The minimum atomic E-state index is 0.478. The SMILES string of the molecule is N=C(/C(=C1\NC(c2ccccc2)=Cc2ccccc21)c1ccccc1)c1ccccc1-c1cccc2ccccc12. The van der Waals surface area contributed by atoms with Crippen molar-refractivity contribution >= 4 is 39.5 Å². The summed E-state index contributed by atoms with van der Waals surface area (Å²) in [5, 5.41) is 16.0. The molecule has 0 amide bonds. The third kappa shape index (κ3) is 4.56. The Kier molecular flexibility index (Phi) is 6.35. The van der Waals surface area contributed by atoms with E-state index in [4.69, 9.17) is 0 Å². The topological polar surface area (TPSA) is 35.9 Å². The van der Waals surface area contributed by atoms with E-state index in [1.807, 2.05) is 30.3 Å². The van der Waals surface area contributed by atoms with Crippen molar-refractivity contribution in [3.63, 3.8) is 0 Å². The molecule has 0 saturated heterocycles. The first-order valence-electron chi connectivity index (χ1n) is 13.9. The van der Waals surface area contributed by atoms with Gasteiger partial charge in [0.1, 0.15) is 0 Å². The van der Waals surface area contributed by atoms with E-state index in [9.17, 15) is 5.41 Å². The molecule has 41 heavy (non-hydrogen) atoms. The van der Waals surface area contributed by atoms with Crippen LogP contribution in [0.25, 0.3) is 44.9 Å². The van der Waals surface area contributed by atoms with Gasteiger partial charge in [0.15, 0.2) is 0 Å². The molecular formula is C39H28N2. The lowest BCUT2D eigenvalue weighted by atomic mass is 9.85. The van der Waals surface area contributed by atoms with E-state index in [0.29, 0.717) is 5.71 Å². The van der Waals surface area contributed by atoms with Crippen LogP contribution in [0.4, 0.5) is 0 Å². The van der Waals surface area contributed by atoms with Crippen LogP contribution in [0.3, 0.4) is 0 Å². The molecule has 1 heterocycles. The standard InChI is InChI=1S/C39H28N2/c40-38(35-24-12-11-23-34(35)33-25-13-20-27-14-7-9-21-31(27)33)37(29-17-5-2-6-18-29)39-32-22-10-8-19-30(32)26-36(41-39)28-15-3-1-4-16-28/h1-26,40-41H/b39-37-,40-38?. The van der Waals surface area contributed by atoms with Gasteiger partial charge in [-0.2, -0.15) is 0 Å². The van der Waals surface area contributed by atoms with Gasteiger partial charge in [-0.05, 0) is 44.7 Å². The Balaban J connectivity index is 1.47. The number of hydrogen-bond acceptors (Lipinski definition) is 2. The molecule has 6 aromatic carbocycles. The number of allylic oxidation sites excluding steroid dienone is 1. The summed E-state index contributed by atoms with van der Waals surface area (Å²) in [4.78, 5) is 0. The highest BCUT2D eigenvalue weighted by Gasteiger charge is 2.25. The van der Waals surface area contributed by atoms with E-state index >= 15 is 0 Å². The number of benzene rings is 6. The molecule has 0 aromatic heterocycles. The van der Waals surface area contributed by atoms with Crippen LogP contribution in [0, 0.1) is 5.41 Å². The maximum Gasteiger partial charge on any atom is 0.0717 e. The smallest absolute Gasteiger partial charge is 0.0717 e. The molecule has 6 aromatic rings. The molecule has 0 fully saturated rings. The van der Waals surface area contributed by atoms with Crippen LogP contribution >= 0.6 is 0 Å². The third-order valence-electron chi connectivity index (χ3n) is 7.71. The molecule has 0 saturated carbocycles. The molecule has 2 heteroatoms. The third-order valence-corrected chi connectivity index (χ3v) is 7.71. The Hall–Kier alpha value is -5.47. The lowest BCUT2D eigenvalue weighted by Crippen LogP contribution is -2.20. The molecule has 7 rings (SSSR count). The van der Waals surface area contributed by atoms with Gasteiger partial charge in [0.25, 0.3) is 0 Å². The fraction of sp³-hybridized carbons (Fsp3) is 0. The van der Waals surface area contributed by atoms with E-state index in [1.165, 1.54) is 10.8 Å². The first-order chi connectivity index (χ1) is 20.3. The number of nitrogens with one attached hydrogen (secondary N) is 2. The zero-order valence-corrected chi connectivity index (χ0v) is 22.5. The second-order valence-corrected chi connectivity index (χ2v) is 10.2. The molecular weight excluding hydrogens is 496 g/mol. The van der Waals surface area contributed by atoms with Gasteiger partial charge in [0, 0.05) is 22.4 Å². The maximum atomic E-state index is 9.85. The Morgan fingerprint density at radius 3 is 1.95 bits per heavy atom. The minimum Gasteiger partial charge on any atom is -0.354 e. The average Bonchev–Trinajstić information content (AvgIpc) is 3.05. The van der Waals surface area contributed by atoms with E-state index in [-0.39, 0.29) is 0 Å². The van der Waals surface area contributed by atoms with Crippen LogP contribution in [-0.4, -0.2) is 5.71 Å². The van der Waals surface area contributed by atoms with Crippen LogP contribution in [0.5, 0.6) is 0 Å². The van der Waals surface area contributed by atoms with Gasteiger partial charge in [0.05, 0.1) is 11.4 Å². The molecule has 1 aliphatic heterocycles. The van der Waals surface area contributed by atoms with Crippen molar-refractivity contribution in [1.82, 2.24) is 5.32 Å². The molecule has 2 N–H and O–H groups in total. The average molecular weight is 525 g/mol. The number of rotatable bonds is 5. The molecule has 2 nitrogen and oxygen atoms in total. The van der Waals surface area contributed by atoms with E-state index in [2.05, 4.69) is 133 Å². The fourth-order valence-electron chi connectivity index (χ4n) is 5.76. The molecule has 0 bridgehead atoms. The quantitative estimate of drug-likeness (QED) is 0.216. The van der Waals surface area contributed by atoms with Gasteiger partial charge in [-0.15, -0.1) is 0 Å². The van der Waals surface area contributed by atoms with Crippen molar-refractivity contribution in [1.29, 1.82) is 5.41 Å². The highest BCUT2D eigenvalue weighted by molar-refractivity contribution is 6.37. The van der Waals surface area contributed by atoms with Gasteiger partial charge >= 0.3 is 0 Å². The van der Waals surface area contributed by atoms with E-state index in [0.717, 1.165) is 55.9 Å². The lowest BCUT2D eigenvalue weighted by molar-refractivity contribution is 1.22. The van der Waals surface area contributed by atoms with E-state index < -0.39 is 0 Å². The second-order valence-electron chi connectivity index (χ2n) is 10.2. The largest absolute Gasteiger partial charge is 0.354 e. The Labute approximate surface area is 240 Å².